The van der Waals surface area contributed by atoms with Gasteiger partial charge in [-0.2, -0.15) is 0 Å². The molecular weight excluding hydrogens is 158 g/mol. The van der Waals surface area contributed by atoms with E-state index in [4.69, 9.17) is 10.5 Å². The number of rotatable bonds is 5. The first-order chi connectivity index (χ1) is 5.84. The Labute approximate surface area is 70.7 Å². The van der Waals surface area contributed by atoms with Crippen molar-refractivity contribution < 1.29 is 4.74 Å². The van der Waals surface area contributed by atoms with Gasteiger partial charge < -0.3 is 10.5 Å². The molecule has 0 aliphatic rings. The number of anilines is 1. The number of aromatic nitrogens is 4. The molecule has 0 bridgehead atoms. The lowest BCUT2D eigenvalue weighted by molar-refractivity contribution is 0.141. The zero-order valence-corrected chi connectivity index (χ0v) is 7.10. The third-order valence-electron chi connectivity index (χ3n) is 1.42. The number of nitrogens with zero attached hydrogens (tertiary/aromatic N) is 4. The minimum absolute atomic E-state index is 0.353. The van der Waals surface area contributed by atoms with Crippen LogP contribution < -0.4 is 5.73 Å². The molecule has 0 saturated heterocycles. The number of tetrazole rings is 1. The van der Waals surface area contributed by atoms with E-state index in [1.165, 1.54) is 0 Å². The van der Waals surface area contributed by atoms with E-state index in [1.807, 2.05) is 6.92 Å². The summed E-state index contributed by atoms with van der Waals surface area (Å²) in [5.41, 5.74) is 5.44. The quantitative estimate of drug-likeness (QED) is 0.614. The zero-order valence-electron chi connectivity index (χ0n) is 7.10. The largest absolute Gasteiger partial charge is 0.382 e. The van der Waals surface area contributed by atoms with Crippen LogP contribution in [0.2, 0.25) is 0 Å². The van der Waals surface area contributed by atoms with Crippen molar-refractivity contribution in [3.63, 3.8) is 0 Å². The van der Waals surface area contributed by atoms with E-state index in [0.717, 1.165) is 19.6 Å². The SMILES string of the molecule is CCOCCCn1nnnc1N. The Morgan fingerprint density at radius 3 is 3.00 bits per heavy atom. The fraction of sp³-hybridized carbons (Fsp3) is 0.833. The van der Waals surface area contributed by atoms with Crippen LogP contribution in [-0.2, 0) is 11.3 Å². The van der Waals surface area contributed by atoms with Crippen LogP contribution in [0, 0.1) is 0 Å². The fourth-order valence-corrected chi connectivity index (χ4v) is 0.832. The summed E-state index contributed by atoms with van der Waals surface area (Å²) in [6.45, 7) is 4.13. The molecule has 0 radical (unpaired) electrons. The summed E-state index contributed by atoms with van der Waals surface area (Å²) in [5, 5.41) is 10.7. The topological polar surface area (TPSA) is 78.8 Å². The molecule has 6 heteroatoms. The van der Waals surface area contributed by atoms with Crippen LogP contribution >= 0.6 is 0 Å². The minimum Gasteiger partial charge on any atom is -0.382 e. The molecule has 1 rings (SSSR count). The summed E-state index contributed by atoms with van der Waals surface area (Å²) < 4.78 is 6.70. The van der Waals surface area contributed by atoms with Gasteiger partial charge in [-0.05, 0) is 23.8 Å². The number of ether oxygens (including phenoxy) is 1. The predicted molar refractivity (Wildman–Crippen MR) is 43.3 cm³/mol. The molecule has 2 N–H and O–H groups in total. The van der Waals surface area contributed by atoms with E-state index in [1.54, 1.807) is 4.68 Å². The van der Waals surface area contributed by atoms with Gasteiger partial charge in [0.2, 0.25) is 5.95 Å². The maximum Gasteiger partial charge on any atom is 0.240 e. The van der Waals surface area contributed by atoms with Crippen molar-refractivity contribution in [1.82, 2.24) is 20.2 Å². The highest BCUT2D eigenvalue weighted by Gasteiger charge is 1.98. The molecule has 1 aromatic rings. The van der Waals surface area contributed by atoms with Crippen LogP contribution in [0.5, 0.6) is 0 Å². The highest BCUT2D eigenvalue weighted by Crippen LogP contribution is 1.94. The standard InChI is InChI=1S/C6H13N5O/c1-2-12-5-3-4-11-6(7)8-9-10-11/h2-5H2,1H3,(H2,7,8,10). The normalized spacial score (nSPS) is 10.4. The van der Waals surface area contributed by atoms with E-state index < -0.39 is 0 Å². The molecule has 0 aliphatic carbocycles. The average molecular weight is 171 g/mol. The Morgan fingerprint density at radius 2 is 2.42 bits per heavy atom. The van der Waals surface area contributed by atoms with Gasteiger partial charge in [0.05, 0.1) is 0 Å². The molecule has 1 heterocycles. The smallest absolute Gasteiger partial charge is 0.240 e. The van der Waals surface area contributed by atoms with E-state index >= 15 is 0 Å². The third kappa shape index (κ3) is 2.46. The molecule has 1 aromatic heterocycles. The summed E-state index contributed by atoms with van der Waals surface area (Å²) in [4.78, 5) is 0. The van der Waals surface area contributed by atoms with Gasteiger partial charge in [0.1, 0.15) is 0 Å². The van der Waals surface area contributed by atoms with Crippen LogP contribution in [-0.4, -0.2) is 33.4 Å². The molecule has 68 valence electrons. The van der Waals surface area contributed by atoms with Crippen LogP contribution in [0.3, 0.4) is 0 Å². The minimum atomic E-state index is 0.353. The number of nitrogens with two attached hydrogens (primary N) is 1. The van der Waals surface area contributed by atoms with Crippen molar-refractivity contribution in [2.45, 2.75) is 19.9 Å². The lowest BCUT2D eigenvalue weighted by Gasteiger charge is -2.01. The molecule has 0 amide bonds. The van der Waals surface area contributed by atoms with Gasteiger partial charge in [-0.25, -0.2) is 4.68 Å². The summed E-state index contributed by atoms with van der Waals surface area (Å²) in [7, 11) is 0. The highest BCUT2D eigenvalue weighted by atomic mass is 16.5. The van der Waals surface area contributed by atoms with Crippen LogP contribution in [0.4, 0.5) is 5.95 Å². The molecule has 0 atom stereocenters. The molecule has 0 aliphatic heterocycles. The lowest BCUT2D eigenvalue weighted by Crippen LogP contribution is -2.07. The third-order valence-corrected chi connectivity index (χ3v) is 1.42. The van der Waals surface area contributed by atoms with Crippen molar-refractivity contribution in [3.05, 3.63) is 0 Å². The lowest BCUT2D eigenvalue weighted by atomic mass is 10.4. The van der Waals surface area contributed by atoms with Gasteiger partial charge in [-0.1, -0.05) is 5.10 Å². The van der Waals surface area contributed by atoms with Crippen molar-refractivity contribution in [2.75, 3.05) is 18.9 Å². The molecule has 0 saturated carbocycles. The predicted octanol–water partition coefficient (Wildman–Crippen LogP) is -0.318. The monoisotopic (exact) mass is 171 g/mol. The Morgan fingerprint density at radius 1 is 1.58 bits per heavy atom. The average Bonchev–Trinajstić information content (AvgIpc) is 2.46. The second-order valence-electron chi connectivity index (χ2n) is 2.31. The van der Waals surface area contributed by atoms with E-state index in [2.05, 4.69) is 15.5 Å². The Hall–Kier alpha value is -1.17. The van der Waals surface area contributed by atoms with Crippen molar-refractivity contribution in [3.8, 4) is 0 Å². The Bertz CT molecular complexity index is 223. The summed E-state index contributed by atoms with van der Waals surface area (Å²) in [5.74, 6) is 0.353. The molecule has 0 unspecified atom stereocenters. The molecule has 6 nitrogen and oxygen atoms in total. The van der Waals surface area contributed by atoms with Crippen LogP contribution in [0.1, 0.15) is 13.3 Å². The van der Waals surface area contributed by atoms with E-state index in [0.29, 0.717) is 12.5 Å². The molecule has 0 aromatic carbocycles. The first kappa shape index (κ1) is 8.92. The van der Waals surface area contributed by atoms with E-state index in [-0.39, 0.29) is 0 Å². The van der Waals surface area contributed by atoms with E-state index in [9.17, 15) is 0 Å². The van der Waals surface area contributed by atoms with Crippen molar-refractivity contribution in [1.29, 1.82) is 0 Å². The Balaban J connectivity index is 2.20. The van der Waals surface area contributed by atoms with Gasteiger partial charge in [0.15, 0.2) is 0 Å². The van der Waals surface area contributed by atoms with Crippen LogP contribution in [0.15, 0.2) is 0 Å². The van der Waals surface area contributed by atoms with Crippen molar-refractivity contribution >= 4 is 5.95 Å². The number of nitrogen functional groups attached to an aromatic ring is 1. The number of hydrogen-bond acceptors (Lipinski definition) is 5. The second-order valence-corrected chi connectivity index (χ2v) is 2.31. The van der Waals surface area contributed by atoms with Gasteiger partial charge >= 0.3 is 0 Å². The summed E-state index contributed by atoms with van der Waals surface area (Å²) >= 11 is 0. The zero-order chi connectivity index (χ0) is 8.81. The van der Waals surface area contributed by atoms with Crippen LogP contribution in [0.25, 0.3) is 0 Å². The van der Waals surface area contributed by atoms with Gasteiger partial charge in [-0.3, -0.25) is 0 Å². The first-order valence-electron chi connectivity index (χ1n) is 3.94. The number of aryl methyl sites for hydroxylation is 1. The molecule has 0 fully saturated rings. The fourth-order valence-electron chi connectivity index (χ4n) is 0.832. The highest BCUT2D eigenvalue weighted by molar-refractivity contribution is 5.09. The second kappa shape index (κ2) is 4.66. The number of hydrogen-bond donors (Lipinski definition) is 1. The molecule has 12 heavy (non-hydrogen) atoms. The first-order valence-corrected chi connectivity index (χ1v) is 3.94. The Kier molecular flexibility index (Phi) is 3.46. The molecular formula is C6H13N5O. The van der Waals surface area contributed by atoms with Gasteiger partial charge in [0, 0.05) is 19.8 Å². The van der Waals surface area contributed by atoms with Crippen molar-refractivity contribution in [2.24, 2.45) is 0 Å². The maximum absolute atomic E-state index is 5.44. The van der Waals surface area contributed by atoms with Gasteiger partial charge in [0.25, 0.3) is 0 Å². The van der Waals surface area contributed by atoms with Gasteiger partial charge in [-0.15, -0.1) is 0 Å². The summed E-state index contributed by atoms with van der Waals surface area (Å²) in [6, 6.07) is 0. The maximum atomic E-state index is 5.44. The molecule has 0 spiro atoms. The summed E-state index contributed by atoms with van der Waals surface area (Å²) in [6.07, 6.45) is 0.878.